The lowest BCUT2D eigenvalue weighted by Crippen LogP contribution is -2.54. The molecule has 1 saturated carbocycles. The lowest BCUT2D eigenvalue weighted by atomic mass is 9.67. The number of fused-ring (bicyclic) bond motifs is 1. The van der Waals surface area contributed by atoms with Gasteiger partial charge in [0.25, 0.3) is 5.91 Å². The Hall–Kier alpha value is -2.08. The van der Waals surface area contributed by atoms with Gasteiger partial charge in [-0.15, -0.1) is 10.2 Å². The van der Waals surface area contributed by atoms with Crippen molar-refractivity contribution in [1.82, 2.24) is 15.1 Å². The van der Waals surface area contributed by atoms with Crippen molar-refractivity contribution in [1.29, 1.82) is 0 Å². The first-order valence-corrected chi connectivity index (χ1v) is 8.95. The zero-order chi connectivity index (χ0) is 17.8. The third kappa shape index (κ3) is 2.34. The van der Waals surface area contributed by atoms with Crippen molar-refractivity contribution in [2.24, 2.45) is 5.92 Å². The zero-order valence-electron chi connectivity index (χ0n) is 14.2. The van der Waals surface area contributed by atoms with E-state index < -0.39 is 5.54 Å². The smallest absolute Gasteiger partial charge is 0.256 e. The fraction of sp³-hybridized carbons (Fsp3) is 0.500. The molecule has 25 heavy (non-hydrogen) atoms. The van der Waals surface area contributed by atoms with E-state index in [1.54, 1.807) is 4.90 Å². The number of carbonyl (C=O) groups is 1. The van der Waals surface area contributed by atoms with Gasteiger partial charge >= 0.3 is 0 Å². The SMILES string of the molecule is CC(C)c1nnc([C@]23CC[C@H]2CCN3C(=O)c2cc(O)ccc2Cl)o1. The number of nitrogens with zero attached hydrogens (tertiary/aromatic N) is 3. The van der Waals surface area contributed by atoms with Gasteiger partial charge in [0, 0.05) is 12.5 Å². The number of hydrogen-bond donors (Lipinski definition) is 1. The van der Waals surface area contributed by atoms with Crippen molar-refractivity contribution >= 4 is 17.5 Å². The molecule has 0 radical (unpaired) electrons. The molecule has 1 saturated heterocycles. The van der Waals surface area contributed by atoms with Crippen LogP contribution in [0.4, 0.5) is 0 Å². The molecule has 2 aliphatic rings. The highest BCUT2D eigenvalue weighted by molar-refractivity contribution is 6.33. The predicted octanol–water partition coefficient (Wildman–Crippen LogP) is 3.70. The monoisotopic (exact) mass is 361 g/mol. The van der Waals surface area contributed by atoms with Crippen LogP contribution >= 0.6 is 11.6 Å². The van der Waals surface area contributed by atoms with E-state index in [1.807, 2.05) is 13.8 Å². The second-order valence-corrected chi connectivity index (χ2v) is 7.58. The minimum atomic E-state index is -0.536. The van der Waals surface area contributed by atoms with Gasteiger partial charge in [-0.25, -0.2) is 0 Å². The summed E-state index contributed by atoms with van der Waals surface area (Å²) in [6, 6.07) is 4.42. The Morgan fingerprint density at radius 3 is 2.84 bits per heavy atom. The fourth-order valence-corrected chi connectivity index (χ4v) is 4.19. The Kier molecular flexibility index (Phi) is 3.76. The van der Waals surface area contributed by atoms with E-state index in [2.05, 4.69) is 10.2 Å². The normalized spacial score (nSPS) is 25.1. The number of hydrogen-bond acceptors (Lipinski definition) is 5. The molecule has 2 heterocycles. The summed E-state index contributed by atoms with van der Waals surface area (Å²) in [4.78, 5) is 15.0. The van der Waals surface area contributed by atoms with Gasteiger partial charge in [0.15, 0.2) is 0 Å². The Balaban J connectivity index is 1.73. The summed E-state index contributed by atoms with van der Waals surface area (Å²) in [5.74, 6) is 1.40. The number of halogens is 1. The molecule has 4 rings (SSSR count). The molecule has 1 aromatic carbocycles. The summed E-state index contributed by atoms with van der Waals surface area (Å²) < 4.78 is 5.93. The number of rotatable bonds is 3. The van der Waals surface area contributed by atoms with Crippen LogP contribution in [-0.4, -0.2) is 32.7 Å². The van der Waals surface area contributed by atoms with Crippen molar-refractivity contribution in [2.45, 2.75) is 44.6 Å². The Morgan fingerprint density at radius 2 is 2.20 bits per heavy atom. The average molecular weight is 362 g/mol. The third-order valence-electron chi connectivity index (χ3n) is 5.46. The first-order chi connectivity index (χ1) is 11.9. The maximum atomic E-state index is 13.2. The Labute approximate surface area is 150 Å². The zero-order valence-corrected chi connectivity index (χ0v) is 15.0. The number of carbonyl (C=O) groups excluding carboxylic acids is 1. The van der Waals surface area contributed by atoms with E-state index >= 15 is 0 Å². The quantitative estimate of drug-likeness (QED) is 0.901. The van der Waals surface area contributed by atoms with Gasteiger partial charge in [-0.3, -0.25) is 4.79 Å². The summed E-state index contributed by atoms with van der Waals surface area (Å²) >= 11 is 6.20. The van der Waals surface area contributed by atoms with Crippen molar-refractivity contribution in [2.75, 3.05) is 6.54 Å². The lowest BCUT2D eigenvalue weighted by molar-refractivity contribution is -0.00373. The van der Waals surface area contributed by atoms with Crippen molar-refractivity contribution < 1.29 is 14.3 Å². The molecule has 1 aliphatic carbocycles. The molecule has 6 nitrogen and oxygen atoms in total. The number of aromatic hydroxyl groups is 1. The molecule has 2 aromatic rings. The second kappa shape index (κ2) is 5.73. The second-order valence-electron chi connectivity index (χ2n) is 7.17. The summed E-state index contributed by atoms with van der Waals surface area (Å²) in [5, 5.41) is 18.5. The number of benzene rings is 1. The van der Waals surface area contributed by atoms with Gasteiger partial charge in [0.05, 0.1) is 10.6 Å². The Morgan fingerprint density at radius 1 is 1.40 bits per heavy atom. The maximum Gasteiger partial charge on any atom is 0.256 e. The number of phenolic OH excluding ortho intramolecular Hbond substituents is 1. The molecule has 132 valence electrons. The van der Waals surface area contributed by atoms with Crippen molar-refractivity contribution in [3.05, 3.63) is 40.6 Å². The van der Waals surface area contributed by atoms with Crippen LogP contribution in [0.25, 0.3) is 0 Å². The van der Waals surface area contributed by atoms with Gasteiger partial charge < -0.3 is 14.4 Å². The van der Waals surface area contributed by atoms with Crippen LogP contribution in [0.3, 0.4) is 0 Å². The van der Waals surface area contributed by atoms with E-state index in [0.29, 0.717) is 34.8 Å². The van der Waals surface area contributed by atoms with E-state index in [4.69, 9.17) is 16.0 Å². The van der Waals surface area contributed by atoms with E-state index in [-0.39, 0.29) is 17.6 Å². The standard InChI is InChI=1S/C18H20ClN3O3/c1-10(2)15-20-21-17(25-15)18-7-5-11(18)6-8-22(18)16(24)13-9-12(23)3-4-14(13)19/h3-4,9-11,23H,5-8H2,1-2H3/t11-,18-/m0/s1. The molecule has 1 aromatic heterocycles. The number of likely N-dealkylation sites (tertiary alicyclic amines) is 1. The Bertz CT molecular complexity index is 835. The molecule has 1 aliphatic heterocycles. The largest absolute Gasteiger partial charge is 0.508 e. The molecule has 2 atom stereocenters. The first kappa shape index (κ1) is 16.4. The number of phenols is 1. The van der Waals surface area contributed by atoms with Crippen LogP contribution in [0.2, 0.25) is 5.02 Å². The van der Waals surface area contributed by atoms with E-state index in [1.165, 1.54) is 18.2 Å². The molecule has 0 unspecified atom stereocenters. The van der Waals surface area contributed by atoms with Crippen LogP contribution in [0.1, 0.15) is 61.2 Å². The topological polar surface area (TPSA) is 79.5 Å². The highest BCUT2D eigenvalue weighted by atomic mass is 35.5. The highest BCUT2D eigenvalue weighted by Crippen LogP contribution is 2.57. The van der Waals surface area contributed by atoms with Crippen molar-refractivity contribution in [3.8, 4) is 5.75 Å². The lowest BCUT2D eigenvalue weighted by Gasteiger charge is -2.47. The molecule has 0 spiro atoms. The summed E-state index contributed by atoms with van der Waals surface area (Å²) in [6.07, 6.45) is 2.75. The molecule has 2 fully saturated rings. The van der Waals surface area contributed by atoms with E-state index in [9.17, 15) is 9.90 Å². The summed E-state index contributed by atoms with van der Waals surface area (Å²) in [7, 11) is 0. The van der Waals surface area contributed by atoms with Crippen LogP contribution in [0.15, 0.2) is 22.6 Å². The van der Waals surface area contributed by atoms with Gasteiger partial charge in [-0.1, -0.05) is 25.4 Å². The molecule has 0 bridgehead atoms. The number of amides is 1. The molecule has 1 amide bonds. The molecule has 1 N–H and O–H groups in total. The summed E-state index contributed by atoms with van der Waals surface area (Å²) in [5.41, 5.74) is -0.233. The van der Waals surface area contributed by atoms with Gasteiger partial charge in [0.2, 0.25) is 11.8 Å². The maximum absolute atomic E-state index is 13.2. The molecular weight excluding hydrogens is 342 g/mol. The minimum absolute atomic E-state index is 0.0195. The first-order valence-electron chi connectivity index (χ1n) is 8.58. The average Bonchev–Trinajstić information content (AvgIpc) is 3.13. The van der Waals surface area contributed by atoms with Crippen LogP contribution in [0.5, 0.6) is 5.75 Å². The van der Waals surface area contributed by atoms with Gasteiger partial charge in [-0.2, -0.15) is 0 Å². The fourth-order valence-electron chi connectivity index (χ4n) is 3.99. The number of aromatic nitrogens is 2. The summed E-state index contributed by atoms with van der Waals surface area (Å²) in [6.45, 7) is 4.61. The van der Waals surface area contributed by atoms with Gasteiger partial charge in [0.1, 0.15) is 11.3 Å². The predicted molar refractivity (Wildman–Crippen MR) is 91.6 cm³/mol. The van der Waals surface area contributed by atoms with Crippen LogP contribution < -0.4 is 0 Å². The van der Waals surface area contributed by atoms with Gasteiger partial charge in [-0.05, 0) is 43.4 Å². The molecule has 7 heteroatoms. The highest BCUT2D eigenvalue weighted by Gasteiger charge is 2.61. The van der Waals surface area contributed by atoms with Crippen LogP contribution in [0, 0.1) is 5.92 Å². The minimum Gasteiger partial charge on any atom is -0.508 e. The van der Waals surface area contributed by atoms with E-state index in [0.717, 1.165) is 19.3 Å². The third-order valence-corrected chi connectivity index (χ3v) is 5.79. The van der Waals surface area contributed by atoms with Crippen LogP contribution in [-0.2, 0) is 5.54 Å². The molecular formula is C18H20ClN3O3. The van der Waals surface area contributed by atoms with Crippen molar-refractivity contribution in [3.63, 3.8) is 0 Å².